The van der Waals surface area contributed by atoms with Gasteiger partial charge in [0.15, 0.2) is 17.3 Å². The van der Waals surface area contributed by atoms with Crippen molar-refractivity contribution in [2.45, 2.75) is 37.1 Å². The number of benzene rings is 2. The van der Waals surface area contributed by atoms with Crippen LogP contribution >= 0.6 is 11.8 Å². The van der Waals surface area contributed by atoms with E-state index in [1.807, 2.05) is 56.5 Å². The molecule has 0 aromatic heterocycles. The normalized spacial score (nSPS) is 25.9. The first-order chi connectivity index (χ1) is 14.4. The molecule has 2 aromatic carbocycles. The molecule has 3 atom stereocenters. The summed E-state index contributed by atoms with van der Waals surface area (Å²) in [5, 5.41) is 3.14. The van der Waals surface area contributed by atoms with Gasteiger partial charge in [-0.2, -0.15) is 0 Å². The van der Waals surface area contributed by atoms with Crippen LogP contribution in [0.15, 0.2) is 41.3 Å². The number of ether oxygens (including phenoxy) is 4. The van der Waals surface area contributed by atoms with Gasteiger partial charge in [-0.25, -0.2) is 0 Å². The van der Waals surface area contributed by atoms with Crippen LogP contribution in [0.25, 0.3) is 0 Å². The number of amides is 1. The molecule has 3 aliphatic rings. The third-order valence-corrected chi connectivity index (χ3v) is 6.82. The Balaban J connectivity index is 1.49. The molecule has 6 nitrogen and oxygen atoms in total. The van der Waals surface area contributed by atoms with Crippen LogP contribution in [0.4, 0.5) is 5.69 Å². The smallest absolute Gasteiger partial charge is 0.231 e. The summed E-state index contributed by atoms with van der Waals surface area (Å²) in [5.41, 5.74) is 2.96. The second kappa shape index (κ2) is 7.48. The topological polar surface area (TPSA) is 66.0 Å². The van der Waals surface area contributed by atoms with Crippen molar-refractivity contribution >= 4 is 23.4 Å². The van der Waals surface area contributed by atoms with Crippen LogP contribution in [0.3, 0.4) is 0 Å². The maximum atomic E-state index is 13.4. The summed E-state index contributed by atoms with van der Waals surface area (Å²) >= 11 is 1.61. The molecule has 1 N–H and O–H groups in total. The zero-order valence-electron chi connectivity index (χ0n) is 17.3. The molecule has 1 saturated heterocycles. The van der Waals surface area contributed by atoms with E-state index in [0.29, 0.717) is 13.0 Å². The van der Waals surface area contributed by atoms with E-state index in [1.165, 1.54) is 0 Å². The minimum Gasteiger partial charge on any atom is -0.454 e. The van der Waals surface area contributed by atoms with Crippen molar-refractivity contribution in [2.75, 3.05) is 25.0 Å². The van der Waals surface area contributed by atoms with Gasteiger partial charge in [0.05, 0.1) is 24.3 Å². The number of thioether (sulfide) groups is 1. The van der Waals surface area contributed by atoms with Gasteiger partial charge in [-0.1, -0.05) is 12.1 Å². The number of nitrogens with one attached hydrogen (secondary N) is 1. The molecule has 158 valence electrons. The SMILES string of the molecule is CSc1ccccc1NC(=O)[C@@H]1Cc2cc3c(cc2[C@H]2OC(C)(C)OC[C@H]21)OCO3. The van der Waals surface area contributed by atoms with Crippen molar-refractivity contribution in [3.8, 4) is 11.5 Å². The quantitative estimate of drug-likeness (QED) is 0.733. The van der Waals surface area contributed by atoms with Gasteiger partial charge in [-0.05, 0) is 61.9 Å². The number of fused-ring (bicyclic) bond motifs is 4. The lowest BCUT2D eigenvalue weighted by Crippen LogP contribution is -2.49. The van der Waals surface area contributed by atoms with Gasteiger partial charge in [0, 0.05) is 10.8 Å². The Bertz CT molecular complexity index is 992. The van der Waals surface area contributed by atoms with E-state index in [2.05, 4.69) is 5.32 Å². The van der Waals surface area contributed by atoms with Gasteiger partial charge >= 0.3 is 0 Å². The molecule has 1 aliphatic carbocycles. The highest BCUT2D eigenvalue weighted by Crippen LogP contribution is 2.49. The molecule has 0 radical (unpaired) electrons. The molecule has 1 amide bonds. The average Bonchev–Trinajstić information content (AvgIpc) is 3.19. The highest BCUT2D eigenvalue weighted by molar-refractivity contribution is 7.98. The van der Waals surface area contributed by atoms with Gasteiger partial charge in [-0.15, -0.1) is 11.8 Å². The fourth-order valence-corrected chi connectivity index (χ4v) is 5.08. The molecule has 2 aromatic rings. The monoisotopic (exact) mass is 427 g/mol. The number of rotatable bonds is 3. The molecule has 0 saturated carbocycles. The lowest BCUT2D eigenvalue weighted by Gasteiger charge is -2.46. The molecule has 5 rings (SSSR count). The predicted octanol–water partition coefficient (Wildman–Crippen LogP) is 4.39. The molecule has 2 heterocycles. The second-order valence-corrected chi connectivity index (χ2v) is 9.17. The lowest BCUT2D eigenvalue weighted by atomic mass is 9.73. The van der Waals surface area contributed by atoms with Crippen molar-refractivity contribution in [3.05, 3.63) is 47.5 Å². The third-order valence-electron chi connectivity index (χ3n) is 6.02. The minimum atomic E-state index is -0.710. The summed E-state index contributed by atoms with van der Waals surface area (Å²) in [6, 6.07) is 11.9. The first kappa shape index (κ1) is 19.7. The number of para-hydroxylation sites is 1. The van der Waals surface area contributed by atoms with Crippen molar-refractivity contribution in [2.24, 2.45) is 11.8 Å². The second-order valence-electron chi connectivity index (χ2n) is 8.32. The maximum absolute atomic E-state index is 13.4. The summed E-state index contributed by atoms with van der Waals surface area (Å²) in [6.07, 6.45) is 2.37. The van der Waals surface area contributed by atoms with Gasteiger partial charge in [0.1, 0.15) is 0 Å². The fourth-order valence-electron chi connectivity index (χ4n) is 4.52. The minimum absolute atomic E-state index is 0.0123. The van der Waals surface area contributed by atoms with E-state index >= 15 is 0 Å². The number of hydrogen-bond acceptors (Lipinski definition) is 6. The summed E-state index contributed by atoms with van der Waals surface area (Å²) in [4.78, 5) is 14.4. The Kier molecular flexibility index (Phi) is 4.92. The van der Waals surface area contributed by atoms with Crippen LogP contribution in [-0.2, 0) is 20.7 Å². The van der Waals surface area contributed by atoms with Gasteiger partial charge < -0.3 is 24.3 Å². The maximum Gasteiger partial charge on any atom is 0.231 e. The Morgan fingerprint density at radius 2 is 1.93 bits per heavy atom. The summed E-state index contributed by atoms with van der Waals surface area (Å²) in [7, 11) is 0. The molecule has 1 fully saturated rings. The summed E-state index contributed by atoms with van der Waals surface area (Å²) in [6.45, 7) is 4.51. The molecule has 2 aliphatic heterocycles. The molecular formula is C23H25NO5S. The average molecular weight is 428 g/mol. The zero-order chi connectivity index (χ0) is 20.9. The Labute approximate surface area is 180 Å². The van der Waals surface area contributed by atoms with Gasteiger partial charge in [0.2, 0.25) is 12.7 Å². The highest BCUT2D eigenvalue weighted by atomic mass is 32.2. The zero-order valence-corrected chi connectivity index (χ0v) is 18.1. The van der Waals surface area contributed by atoms with Crippen molar-refractivity contribution < 1.29 is 23.7 Å². The predicted molar refractivity (Wildman–Crippen MR) is 114 cm³/mol. The molecule has 0 spiro atoms. The van der Waals surface area contributed by atoms with Crippen LogP contribution in [0.1, 0.15) is 31.1 Å². The van der Waals surface area contributed by atoms with Crippen LogP contribution < -0.4 is 14.8 Å². The van der Waals surface area contributed by atoms with E-state index in [9.17, 15) is 4.79 Å². The summed E-state index contributed by atoms with van der Waals surface area (Å²) < 4.78 is 23.4. The lowest BCUT2D eigenvalue weighted by molar-refractivity contribution is -0.302. The summed E-state index contributed by atoms with van der Waals surface area (Å²) in [5.74, 6) is 0.393. The van der Waals surface area contributed by atoms with E-state index in [1.54, 1.807) is 11.8 Å². The van der Waals surface area contributed by atoms with Crippen LogP contribution in [0, 0.1) is 11.8 Å². The van der Waals surface area contributed by atoms with E-state index in [-0.39, 0.29) is 30.6 Å². The Hall–Kier alpha value is -2.22. The van der Waals surface area contributed by atoms with Crippen molar-refractivity contribution in [1.29, 1.82) is 0 Å². The molecule has 30 heavy (non-hydrogen) atoms. The van der Waals surface area contributed by atoms with Crippen molar-refractivity contribution in [1.82, 2.24) is 0 Å². The van der Waals surface area contributed by atoms with Crippen LogP contribution in [-0.4, -0.2) is 31.3 Å². The molecule has 0 bridgehead atoms. The van der Waals surface area contributed by atoms with Gasteiger partial charge in [0.25, 0.3) is 0 Å². The Morgan fingerprint density at radius 1 is 1.17 bits per heavy atom. The standard InChI is InChI=1S/C23H25NO5S/c1-23(2)28-11-16-15(22(25)24-17-6-4-5-7-20(17)30-3)8-13-9-18-19(27-12-26-18)10-14(13)21(16)29-23/h4-7,9-10,15-16,21H,8,11-12H2,1-3H3,(H,24,25)/t15-,16+,21-/m1/s1. The number of carbonyl (C=O) groups excluding carboxylic acids is 1. The van der Waals surface area contributed by atoms with Gasteiger partial charge in [-0.3, -0.25) is 4.79 Å². The number of anilines is 1. The number of carbonyl (C=O) groups is 1. The number of hydrogen-bond donors (Lipinski definition) is 1. The largest absolute Gasteiger partial charge is 0.454 e. The fraction of sp³-hybridized carbons (Fsp3) is 0.435. The molecular weight excluding hydrogens is 402 g/mol. The van der Waals surface area contributed by atoms with E-state index < -0.39 is 5.79 Å². The Morgan fingerprint density at radius 3 is 2.73 bits per heavy atom. The van der Waals surface area contributed by atoms with Crippen molar-refractivity contribution in [3.63, 3.8) is 0 Å². The van der Waals surface area contributed by atoms with E-state index in [4.69, 9.17) is 18.9 Å². The molecule has 0 unspecified atom stereocenters. The first-order valence-corrected chi connectivity index (χ1v) is 11.4. The van der Waals surface area contributed by atoms with Crippen LogP contribution in [0.5, 0.6) is 11.5 Å². The highest BCUT2D eigenvalue weighted by Gasteiger charge is 2.47. The third kappa shape index (κ3) is 3.45. The van der Waals surface area contributed by atoms with Crippen LogP contribution in [0.2, 0.25) is 0 Å². The first-order valence-electron chi connectivity index (χ1n) is 10.1. The van der Waals surface area contributed by atoms with E-state index in [0.717, 1.165) is 33.2 Å². The molecule has 7 heteroatoms.